The highest BCUT2D eigenvalue weighted by atomic mass is 16.2. The molecular formula is C18H34O. The van der Waals surface area contributed by atoms with Crippen molar-refractivity contribution in [2.45, 2.75) is 84.0 Å². The van der Waals surface area contributed by atoms with Crippen LogP contribution in [0.2, 0.25) is 0 Å². The van der Waals surface area contributed by atoms with Gasteiger partial charge in [-0.15, -0.1) is 0 Å². The number of allylic oxidation sites excluding steroid dienone is 4. The average molecular weight is 266 g/mol. The van der Waals surface area contributed by atoms with Gasteiger partial charge in [-0.05, 0) is 38.5 Å². The highest BCUT2D eigenvalue weighted by Crippen LogP contribution is 2.07. The molecule has 0 fully saturated rings. The second-order valence-electron chi connectivity index (χ2n) is 5.31. The maximum absolute atomic E-state index is 8.66. The molecule has 0 saturated carbocycles. The fraction of sp³-hybridized carbons (Fsp3) is 0.778. The maximum Gasteiger partial charge on any atom is 0.0431 e. The van der Waals surface area contributed by atoms with Crippen LogP contribution in [0, 0.1) is 0 Å². The minimum atomic E-state index is 0.356. The Morgan fingerprint density at radius 1 is 0.632 bits per heavy atom. The Bertz CT molecular complexity index is 206. The van der Waals surface area contributed by atoms with Gasteiger partial charge in [-0.3, -0.25) is 0 Å². The second-order valence-corrected chi connectivity index (χ2v) is 5.31. The number of hydrogen-bond donors (Lipinski definition) is 1. The van der Waals surface area contributed by atoms with E-state index >= 15 is 0 Å². The third-order valence-electron chi connectivity index (χ3n) is 3.36. The first-order valence-electron chi connectivity index (χ1n) is 8.32. The van der Waals surface area contributed by atoms with Gasteiger partial charge in [0.15, 0.2) is 0 Å². The van der Waals surface area contributed by atoms with E-state index in [0.29, 0.717) is 6.61 Å². The van der Waals surface area contributed by atoms with Crippen molar-refractivity contribution in [1.82, 2.24) is 0 Å². The Kier molecular flexibility index (Phi) is 16.9. The zero-order valence-electron chi connectivity index (χ0n) is 12.9. The molecule has 0 bridgehead atoms. The molecule has 0 spiro atoms. The van der Waals surface area contributed by atoms with E-state index in [1.54, 1.807) is 0 Å². The first-order chi connectivity index (χ1) is 9.41. The summed E-state index contributed by atoms with van der Waals surface area (Å²) >= 11 is 0. The van der Waals surface area contributed by atoms with E-state index in [0.717, 1.165) is 12.8 Å². The Morgan fingerprint density at radius 2 is 1.16 bits per heavy atom. The molecule has 0 saturated heterocycles. The molecule has 1 heteroatoms. The zero-order chi connectivity index (χ0) is 14.0. The minimum absolute atomic E-state index is 0.356. The van der Waals surface area contributed by atoms with Crippen LogP contribution in [0.1, 0.15) is 84.0 Å². The summed E-state index contributed by atoms with van der Waals surface area (Å²) in [6, 6.07) is 0. The van der Waals surface area contributed by atoms with Crippen LogP contribution in [0.15, 0.2) is 24.3 Å². The third kappa shape index (κ3) is 17.4. The molecule has 0 rings (SSSR count). The summed E-state index contributed by atoms with van der Waals surface area (Å²) in [5, 5.41) is 8.66. The van der Waals surface area contributed by atoms with Crippen LogP contribution in [0.4, 0.5) is 0 Å². The quantitative estimate of drug-likeness (QED) is 0.311. The zero-order valence-corrected chi connectivity index (χ0v) is 12.9. The molecule has 0 aromatic heterocycles. The third-order valence-corrected chi connectivity index (χ3v) is 3.36. The fourth-order valence-electron chi connectivity index (χ4n) is 2.10. The van der Waals surface area contributed by atoms with Crippen molar-refractivity contribution in [2.24, 2.45) is 0 Å². The van der Waals surface area contributed by atoms with Crippen LogP contribution in [0.25, 0.3) is 0 Å². The van der Waals surface area contributed by atoms with Crippen molar-refractivity contribution in [2.75, 3.05) is 6.61 Å². The highest BCUT2D eigenvalue weighted by molar-refractivity contribution is 4.92. The maximum atomic E-state index is 8.66. The normalized spacial score (nSPS) is 11.9. The largest absolute Gasteiger partial charge is 0.396 e. The van der Waals surface area contributed by atoms with Crippen molar-refractivity contribution in [3.05, 3.63) is 24.3 Å². The molecule has 0 aliphatic carbocycles. The Balaban J connectivity index is 3.12. The van der Waals surface area contributed by atoms with Gasteiger partial charge in [0, 0.05) is 6.61 Å². The summed E-state index contributed by atoms with van der Waals surface area (Å²) in [6.07, 6.45) is 24.2. The molecule has 0 heterocycles. The van der Waals surface area contributed by atoms with Crippen molar-refractivity contribution in [3.63, 3.8) is 0 Å². The molecule has 0 aliphatic rings. The first kappa shape index (κ1) is 18.4. The van der Waals surface area contributed by atoms with E-state index in [4.69, 9.17) is 5.11 Å². The van der Waals surface area contributed by atoms with E-state index < -0.39 is 0 Å². The Hall–Kier alpha value is -0.560. The molecular weight excluding hydrogens is 232 g/mol. The Morgan fingerprint density at radius 3 is 1.74 bits per heavy atom. The summed E-state index contributed by atoms with van der Waals surface area (Å²) in [5.74, 6) is 0. The number of hydrogen-bond acceptors (Lipinski definition) is 1. The van der Waals surface area contributed by atoms with Crippen LogP contribution in [-0.4, -0.2) is 11.7 Å². The molecule has 0 radical (unpaired) electrons. The fourth-order valence-corrected chi connectivity index (χ4v) is 2.10. The van der Waals surface area contributed by atoms with Gasteiger partial charge < -0.3 is 5.11 Å². The predicted molar refractivity (Wildman–Crippen MR) is 86.4 cm³/mol. The van der Waals surface area contributed by atoms with Crippen LogP contribution >= 0.6 is 0 Å². The van der Waals surface area contributed by atoms with Gasteiger partial charge in [-0.25, -0.2) is 0 Å². The molecule has 0 aromatic rings. The second kappa shape index (κ2) is 17.4. The van der Waals surface area contributed by atoms with Crippen LogP contribution in [0.3, 0.4) is 0 Å². The van der Waals surface area contributed by atoms with Gasteiger partial charge in [-0.1, -0.05) is 69.8 Å². The molecule has 1 nitrogen and oxygen atoms in total. The summed E-state index contributed by atoms with van der Waals surface area (Å²) in [6.45, 7) is 2.60. The summed E-state index contributed by atoms with van der Waals surface area (Å²) in [5.41, 5.74) is 0. The van der Waals surface area contributed by atoms with Gasteiger partial charge in [-0.2, -0.15) is 0 Å². The van der Waals surface area contributed by atoms with Crippen molar-refractivity contribution in [1.29, 1.82) is 0 Å². The smallest absolute Gasteiger partial charge is 0.0431 e. The van der Waals surface area contributed by atoms with Crippen molar-refractivity contribution >= 4 is 0 Å². The van der Waals surface area contributed by atoms with Crippen LogP contribution in [0.5, 0.6) is 0 Å². The molecule has 19 heavy (non-hydrogen) atoms. The number of aliphatic hydroxyl groups is 1. The molecule has 0 aliphatic heterocycles. The standard InChI is InChI=1S/C18H34O/c1-2-3-4-5-6-7-8-9-10-11-12-13-14-15-16-17-18-19/h6-7,9-10,19H,2-5,8,11-18H2,1H3/b7-6+,10-9+. The molecule has 0 amide bonds. The monoisotopic (exact) mass is 266 g/mol. The Labute approximate surface area is 120 Å². The lowest BCUT2D eigenvalue weighted by molar-refractivity contribution is 0.282. The first-order valence-corrected chi connectivity index (χ1v) is 8.32. The molecule has 0 aromatic carbocycles. The van der Waals surface area contributed by atoms with Gasteiger partial charge in [0.1, 0.15) is 0 Å². The van der Waals surface area contributed by atoms with E-state index in [9.17, 15) is 0 Å². The lowest BCUT2D eigenvalue weighted by Crippen LogP contribution is -1.83. The minimum Gasteiger partial charge on any atom is -0.396 e. The van der Waals surface area contributed by atoms with Crippen molar-refractivity contribution in [3.8, 4) is 0 Å². The summed E-state index contributed by atoms with van der Waals surface area (Å²) in [4.78, 5) is 0. The highest BCUT2D eigenvalue weighted by Gasteiger charge is 1.89. The SMILES string of the molecule is CCCCC/C=C/C/C=C/CCCCCCCCO. The topological polar surface area (TPSA) is 20.2 Å². The molecule has 1 N–H and O–H groups in total. The van der Waals surface area contributed by atoms with E-state index in [1.165, 1.54) is 64.2 Å². The van der Waals surface area contributed by atoms with Crippen molar-refractivity contribution < 1.29 is 5.11 Å². The van der Waals surface area contributed by atoms with Gasteiger partial charge in [0.25, 0.3) is 0 Å². The van der Waals surface area contributed by atoms with E-state index in [-0.39, 0.29) is 0 Å². The lowest BCUT2D eigenvalue weighted by Gasteiger charge is -1.98. The summed E-state index contributed by atoms with van der Waals surface area (Å²) < 4.78 is 0. The molecule has 112 valence electrons. The molecule has 0 atom stereocenters. The van der Waals surface area contributed by atoms with E-state index in [2.05, 4.69) is 31.2 Å². The van der Waals surface area contributed by atoms with Gasteiger partial charge in [0.2, 0.25) is 0 Å². The van der Waals surface area contributed by atoms with Crippen LogP contribution < -0.4 is 0 Å². The number of unbranched alkanes of at least 4 members (excludes halogenated alkanes) is 9. The van der Waals surface area contributed by atoms with Crippen LogP contribution in [-0.2, 0) is 0 Å². The molecule has 0 unspecified atom stereocenters. The van der Waals surface area contributed by atoms with Gasteiger partial charge in [0.05, 0.1) is 0 Å². The lowest BCUT2D eigenvalue weighted by atomic mass is 10.1. The number of rotatable bonds is 14. The number of aliphatic hydroxyl groups excluding tert-OH is 1. The predicted octanol–water partition coefficient (Wildman–Crippen LogP) is 5.79. The average Bonchev–Trinajstić information content (AvgIpc) is 2.43. The van der Waals surface area contributed by atoms with E-state index in [1.807, 2.05) is 0 Å². The summed E-state index contributed by atoms with van der Waals surface area (Å²) in [7, 11) is 0. The van der Waals surface area contributed by atoms with Gasteiger partial charge >= 0.3 is 0 Å².